The van der Waals surface area contributed by atoms with Gasteiger partial charge < -0.3 is 19.1 Å². The first-order chi connectivity index (χ1) is 11.7. The van der Waals surface area contributed by atoms with Crippen LogP contribution in [0, 0.1) is 0 Å². The molecule has 4 rings (SSSR count). The Kier molecular flexibility index (Phi) is 3.76. The summed E-state index contributed by atoms with van der Waals surface area (Å²) in [4.78, 5) is 14.4. The summed E-state index contributed by atoms with van der Waals surface area (Å²) in [6, 6.07) is 11.4. The van der Waals surface area contributed by atoms with Crippen LogP contribution in [-0.4, -0.2) is 37.7 Å². The average molecular weight is 325 g/mol. The van der Waals surface area contributed by atoms with Crippen molar-refractivity contribution in [2.45, 2.75) is 13.0 Å². The maximum atomic E-state index is 12.7. The normalized spacial score (nSPS) is 14.7. The molecule has 0 N–H and O–H groups in total. The quantitative estimate of drug-likeness (QED) is 0.870. The van der Waals surface area contributed by atoms with Crippen molar-refractivity contribution in [3.63, 3.8) is 0 Å². The summed E-state index contributed by atoms with van der Waals surface area (Å²) < 4.78 is 16.6. The Morgan fingerprint density at radius 2 is 1.71 bits per heavy atom. The molecule has 0 atom stereocenters. The zero-order valence-electron chi connectivity index (χ0n) is 13.6. The Morgan fingerprint density at radius 3 is 2.58 bits per heavy atom. The molecule has 1 amide bonds. The van der Waals surface area contributed by atoms with E-state index in [0.29, 0.717) is 31.9 Å². The topological polar surface area (TPSA) is 48.0 Å². The van der Waals surface area contributed by atoms with Gasteiger partial charge in [0.05, 0.1) is 6.61 Å². The summed E-state index contributed by atoms with van der Waals surface area (Å²) >= 11 is 0. The molecule has 0 fully saturated rings. The summed E-state index contributed by atoms with van der Waals surface area (Å²) in [7, 11) is 1.81. The van der Waals surface area contributed by atoms with Gasteiger partial charge in [0, 0.05) is 25.6 Å². The first-order valence-corrected chi connectivity index (χ1v) is 8.10. The smallest absolute Gasteiger partial charge is 0.253 e. The Balaban J connectivity index is 1.49. The monoisotopic (exact) mass is 325 g/mol. The summed E-state index contributed by atoms with van der Waals surface area (Å²) in [6.45, 7) is 2.35. The molecular weight excluding hydrogens is 306 g/mol. The van der Waals surface area contributed by atoms with E-state index in [1.807, 2.05) is 43.4 Å². The molecule has 0 aromatic heterocycles. The minimum absolute atomic E-state index is 0.000381. The van der Waals surface area contributed by atoms with Gasteiger partial charge in [0.15, 0.2) is 11.5 Å². The van der Waals surface area contributed by atoms with E-state index in [0.717, 1.165) is 34.8 Å². The molecule has 0 spiro atoms. The van der Waals surface area contributed by atoms with Crippen LogP contribution in [0.1, 0.15) is 21.5 Å². The van der Waals surface area contributed by atoms with Gasteiger partial charge in [-0.15, -0.1) is 0 Å². The van der Waals surface area contributed by atoms with E-state index in [9.17, 15) is 4.79 Å². The highest BCUT2D eigenvalue weighted by atomic mass is 16.6. The van der Waals surface area contributed by atoms with Crippen LogP contribution in [0.2, 0.25) is 0 Å². The number of benzene rings is 2. The van der Waals surface area contributed by atoms with Crippen LogP contribution >= 0.6 is 0 Å². The van der Waals surface area contributed by atoms with Crippen molar-refractivity contribution < 1.29 is 19.0 Å². The Hall–Kier alpha value is -2.69. The fourth-order valence-electron chi connectivity index (χ4n) is 3.07. The predicted molar refractivity (Wildman–Crippen MR) is 88.9 cm³/mol. The molecule has 2 aromatic carbocycles. The fourth-order valence-corrected chi connectivity index (χ4v) is 3.07. The van der Waals surface area contributed by atoms with Crippen molar-refractivity contribution in [2.24, 2.45) is 0 Å². The molecule has 0 saturated carbocycles. The highest BCUT2D eigenvalue weighted by Gasteiger charge is 2.18. The van der Waals surface area contributed by atoms with Gasteiger partial charge in [-0.05, 0) is 41.5 Å². The molecular formula is C19H19NO4. The Morgan fingerprint density at radius 1 is 0.958 bits per heavy atom. The van der Waals surface area contributed by atoms with Crippen molar-refractivity contribution >= 4 is 5.91 Å². The van der Waals surface area contributed by atoms with E-state index in [-0.39, 0.29) is 5.91 Å². The molecule has 24 heavy (non-hydrogen) atoms. The van der Waals surface area contributed by atoms with E-state index in [4.69, 9.17) is 14.2 Å². The second-order valence-corrected chi connectivity index (χ2v) is 6.06. The van der Waals surface area contributed by atoms with Crippen molar-refractivity contribution in [1.82, 2.24) is 4.90 Å². The van der Waals surface area contributed by atoms with Crippen LogP contribution in [0.15, 0.2) is 36.4 Å². The van der Waals surface area contributed by atoms with Gasteiger partial charge in [-0.25, -0.2) is 0 Å². The molecule has 2 aliphatic heterocycles. The van der Waals surface area contributed by atoms with Gasteiger partial charge in [0.2, 0.25) is 0 Å². The maximum absolute atomic E-state index is 12.7. The third-order valence-electron chi connectivity index (χ3n) is 4.31. The number of hydrogen-bond acceptors (Lipinski definition) is 4. The lowest BCUT2D eigenvalue weighted by molar-refractivity contribution is 0.0784. The van der Waals surface area contributed by atoms with Gasteiger partial charge in [-0.2, -0.15) is 0 Å². The average Bonchev–Trinajstić information content (AvgIpc) is 3.08. The zero-order valence-corrected chi connectivity index (χ0v) is 13.6. The van der Waals surface area contributed by atoms with Crippen LogP contribution in [0.3, 0.4) is 0 Å². The number of fused-ring (bicyclic) bond motifs is 2. The minimum atomic E-state index is -0.000381. The van der Waals surface area contributed by atoms with Gasteiger partial charge in [0.25, 0.3) is 5.91 Å². The van der Waals surface area contributed by atoms with E-state index >= 15 is 0 Å². The summed E-state index contributed by atoms with van der Waals surface area (Å²) in [5.74, 6) is 2.40. The summed E-state index contributed by atoms with van der Waals surface area (Å²) in [6.07, 6.45) is 0.863. The largest absolute Gasteiger partial charge is 0.493 e. The number of ether oxygens (including phenoxy) is 3. The first kappa shape index (κ1) is 14.9. The number of carbonyl (C=O) groups is 1. The second-order valence-electron chi connectivity index (χ2n) is 6.06. The number of nitrogens with zero attached hydrogens (tertiary/aromatic N) is 1. The summed E-state index contributed by atoms with van der Waals surface area (Å²) in [5.41, 5.74) is 2.81. The maximum Gasteiger partial charge on any atom is 0.253 e. The zero-order chi connectivity index (χ0) is 16.5. The first-order valence-electron chi connectivity index (χ1n) is 8.10. The second kappa shape index (κ2) is 6.07. The molecule has 0 aliphatic carbocycles. The number of carbonyl (C=O) groups excluding carboxylic acids is 1. The number of amides is 1. The fraction of sp³-hybridized carbons (Fsp3) is 0.316. The van der Waals surface area contributed by atoms with E-state index in [2.05, 4.69) is 0 Å². The van der Waals surface area contributed by atoms with Gasteiger partial charge in [-0.3, -0.25) is 4.79 Å². The standard InChI is InChI=1S/C19H19NO4/c1-20(12-13-2-4-17-18(10-13)24-9-8-23-17)19(21)15-3-5-16-14(11-15)6-7-22-16/h2-5,10-11H,6-9,12H2,1H3. The van der Waals surface area contributed by atoms with Crippen molar-refractivity contribution in [2.75, 3.05) is 26.9 Å². The van der Waals surface area contributed by atoms with Gasteiger partial charge in [-0.1, -0.05) is 6.07 Å². The summed E-state index contributed by atoms with van der Waals surface area (Å²) in [5, 5.41) is 0. The van der Waals surface area contributed by atoms with Crippen LogP contribution in [0.5, 0.6) is 17.2 Å². The van der Waals surface area contributed by atoms with E-state index in [1.165, 1.54) is 0 Å². The lowest BCUT2D eigenvalue weighted by Crippen LogP contribution is -2.26. The van der Waals surface area contributed by atoms with Gasteiger partial charge >= 0.3 is 0 Å². The molecule has 2 heterocycles. The van der Waals surface area contributed by atoms with Crippen LogP contribution in [-0.2, 0) is 13.0 Å². The van der Waals surface area contributed by atoms with Crippen LogP contribution in [0.25, 0.3) is 0 Å². The molecule has 0 saturated heterocycles. The molecule has 5 nitrogen and oxygen atoms in total. The Labute approximate surface area is 140 Å². The van der Waals surface area contributed by atoms with Crippen LogP contribution in [0.4, 0.5) is 0 Å². The lowest BCUT2D eigenvalue weighted by Gasteiger charge is -2.21. The van der Waals surface area contributed by atoms with Crippen molar-refractivity contribution in [3.05, 3.63) is 53.1 Å². The minimum Gasteiger partial charge on any atom is -0.493 e. The predicted octanol–water partition coefficient (Wildman–Crippen LogP) is 2.66. The van der Waals surface area contributed by atoms with Crippen molar-refractivity contribution in [3.8, 4) is 17.2 Å². The highest BCUT2D eigenvalue weighted by Crippen LogP contribution is 2.31. The Bertz CT molecular complexity index is 787. The van der Waals surface area contributed by atoms with Gasteiger partial charge in [0.1, 0.15) is 19.0 Å². The molecule has 124 valence electrons. The van der Waals surface area contributed by atoms with E-state index < -0.39 is 0 Å². The molecule has 5 heteroatoms. The van der Waals surface area contributed by atoms with Crippen LogP contribution < -0.4 is 14.2 Å². The SMILES string of the molecule is CN(Cc1ccc2c(c1)OCCO2)C(=O)c1ccc2c(c1)CCO2. The lowest BCUT2D eigenvalue weighted by atomic mass is 10.1. The van der Waals surface area contributed by atoms with E-state index in [1.54, 1.807) is 4.90 Å². The molecule has 0 unspecified atom stereocenters. The number of hydrogen-bond donors (Lipinski definition) is 0. The molecule has 0 radical (unpaired) electrons. The molecule has 2 aromatic rings. The third-order valence-corrected chi connectivity index (χ3v) is 4.31. The third kappa shape index (κ3) is 2.77. The molecule has 0 bridgehead atoms. The highest BCUT2D eigenvalue weighted by molar-refractivity contribution is 5.94. The molecule has 2 aliphatic rings. The number of rotatable bonds is 3. The van der Waals surface area contributed by atoms with Crippen molar-refractivity contribution in [1.29, 1.82) is 0 Å².